The number of aliphatic hydroxyl groups is 1. The first-order valence-corrected chi connectivity index (χ1v) is 10.2. The zero-order valence-corrected chi connectivity index (χ0v) is 16.9. The van der Waals surface area contributed by atoms with E-state index in [9.17, 15) is 5.11 Å². The molecule has 1 saturated heterocycles. The van der Waals surface area contributed by atoms with Crippen molar-refractivity contribution in [3.05, 3.63) is 83.9 Å². The second-order valence-corrected chi connectivity index (χ2v) is 8.25. The molecule has 1 heterocycles. The van der Waals surface area contributed by atoms with Crippen LogP contribution in [-0.4, -0.2) is 10.7 Å². The summed E-state index contributed by atoms with van der Waals surface area (Å²) >= 11 is 0. The molecular weight excluding hydrogens is 330 g/mol. The molecule has 0 spiro atoms. The fourth-order valence-electron chi connectivity index (χ4n) is 4.91. The van der Waals surface area contributed by atoms with Crippen LogP contribution in [0.2, 0.25) is 0 Å². The number of rotatable bonds is 6. The van der Waals surface area contributed by atoms with Crippen molar-refractivity contribution in [1.29, 1.82) is 0 Å². The van der Waals surface area contributed by atoms with Gasteiger partial charge < -0.3 is 10.4 Å². The van der Waals surface area contributed by atoms with Gasteiger partial charge in [0.15, 0.2) is 0 Å². The Hall–Kier alpha value is -1.90. The first-order chi connectivity index (χ1) is 13.0. The largest absolute Gasteiger partial charge is 0.389 e. The topological polar surface area (TPSA) is 32.3 Å². The highest BCUT2D eigenvalue weighted by molar-refractivity contribution is 5.28. The fraction of sp³-hybridized carbons (Fsp3) is 0.440. The molecule has 27 heavy (non-hydrogen) atoms. The van der Waals surface area contributed by atoms with Crippen molar-refractivity contribution in [3.8, 4) is 0 Å². The predicted molar refractivity (Wildman–Crippen MR) is 113 cm³/mol. The Balaban J connectivity index is 2.09. The highest BCUT2D eigenvalue weighted by atomic mass is 16.3. The van der Waals surface area contributed by atoms with Gasteiger partial charge in [-0.15, -0.1) is 6.58 Å². The third kappa shape index (κ3) is 4.02. The Morgan fingerprint density at radius 2 is 1.52 bits per heavy atom. The van der Waals surface area contributed by atoms with Crippen molar-refractivity contribution in [3.63, 3.8) is 0 Å². The third-order valence-electron chi connectivity index (χ3n) is 6.19. The first-order valence-electron chi connectivity index (χ1n) is 10.2. The van der Waals surface area contributed by atoms with Crippen molar-refractivity contribution in [2.24, 2.45) is 11.8 Å². The minimum absolute atomic E-state index is 0.0908. The van der Waals surface area contributed by atoms with Crippen LogP contribution in [-0.2, 0) is 0 Å². The lowest BCUT2D eigenvalue weighted by Crippen LogP contribution is -2.58. The average Bonchev–Trinajstić information content (AvgIpc) is 2.67. The summed E-state index contributed by atoms with van der Waals surface area (Å²) in [7, 11) is 0. The number of piperidine rings is 1. The van der Waals surface area contributed by atoms with Crippen LogP contribution >= 0.6 is 0 Å². The van der Waals surface area contributed by atoms with E-state index in [1.807, 2.05) is 13.0 Å². The zero-order chi connectivity index (χ0) is 19.4. The minimum atomic E-state index is -0.784. The minimum Gasteiger partial charge on any atom is -0.389 e. The fourth-order valence-corrected chi connectivity index (χ4v) is 4.91. The molecule has 144 valence electrons. The average molecular weight is 364 g/mol. The molecule has 1 fully saturated rings. The summed E-state index contributed by atoms with van der Waals surface area (Å²) in [6.45, 7) is 10.6. The van der Waals surface area contributed by atoms with Crippen LogP contribution < -0.4 is 5.32 Å². The molecule has 0 aliphatic carbocycles. The Morgan fingerprint density at radius 1 is 1.00 bits per heavy atom. The quantitative estimate of drug-likeness (QED) is 0.634. The standard InChI is InChI=1S/C25H33NO/c1-5-12-22-24(21-15-10-7-11-16-21)26-23(20-13-8-6-9-14-20)19(4)25(22,27)17-18(2)3/h6-11,13-16,19,22-24,26-27H,2,5,12,17H2,1,3-4H3/t19-,22+,23-,24-,25+/m1/s1. The molecule has 2 aromatic carbocycles. The predicted octanol–water partition coefficient (Wildman–Crippen LogP) is 5.82. The zero-order valence-electron chi connectivity index (χ0n) is 16.9. The SMILES string of the molecule is C=C(C)C[C@]1(O)[C@H](C)[C@H](c2ccccc2)N[C@H](c2ccccc2)[C@@H]1CCC. The third-order valence-corrected chi connectivity index (χ3v) is 6.19. The van der Waals surface area contributed by atoms with Crippen molar-refractivity contribution >= 4 is 0 Å². The molecule has 2 heteroatoms. The van der Waals surface area contributed by atoms with Crippen LogP contribution in [0.15, 0.2) is 72.8 Å². The molecule has 3 rings (SSSR count). The molecule has 0 amide bonds. The molecule has 0 unspecified atom stereocenters. The highest BCUT2D eigenvalue weighted by Crippen LogP contribution is 2.50. The van der Waals surface area contributed by atoms with E-state index < -0.39 is 5.60 Å². The van der Waals surface area contributed by atoms with E-state index in [-0.39, 0.29) is 23.9 Å². The van der Waals surface area contributed by atoms with E-state index in [2.05, 4.69) is 80.3 Å². The maximum Gasteiger partial charge on any atom is 0.0774 e. The lowest BCUT2D eigenvalue weighted by Gasteiger charge is -2.53. The summed E-state index contributed by atoms with van der Waals surface area (Å²) < 4.78 is 0. The summed E-state index contributed by atoms with van der Waals surface area (Å²) in [5, 5.41) is 16.0. The van der Waals surface area contributed by atoms with E-state index in [1.165, 1.54) is 11.1 Å². The van der Waals surface area contributed by atoms with Gasteiger partial charge in [0.1, 0.15) is 0 Å². The first kappa shape index (κ1) is 19.9. The summed E-state index contributed by atoms with van der Waals surface area (Å²) in [5.41, 5.74) is 2.75. The molecule has 0 saturated carbocycles. The van der Waals surface area contributed by atoms with Gasteiger partial charge in [-0.1, -0.05) is 86.5 Å². The highest BCUT2D eigenvalue weighted by Gasteiger charge is 2.52. The van der Waals surface area contributed by atoms with Gasteiger partial charge >= 0.3 is 0 Å². The molecule has 1 aliphatic rings. The normalized spacial score (nSPS) is 30.8. The Bertz CT molecular complexity index is 741. The van der Waals surface area contributed by atoms with E-state index in [0.717, 1.165) is 18.4 Å². The van der Waals surface area contributed by atoms with Gasteiger partial charge in [-0.2, -0.15) is 0 Å². The maximum absolute atomic E-state index is 12.1. The van der Waals surface area contributed by atoms with Crippen molar-refractivity contribution < 1.29 is 5.11 Å². The number of benzene rings is 2. The maximum atomic E-state index is 12.1. The van der Waals surface area contributed by atoms with Gasteiger partial charge in [-0.3, -0.25) is 0 Å². The molecule has 2 nitrogen and oxygen atoms in total. The molecule has 2 aromatic rings. The van der Waals surface area contributed by atoms with Crippen LogP contribution in [0.3, 0.4) is 0 Å². The van der Waals surface area contributed by atoms with Gasteiger partial charge in [0.25, 0.3) is 0 Å². The molecule has 0 radical (unpaired) electrons. The molecule has 5 atom stereocenters. The van der Waals surface area contributed by atoms with Gasteiger partial charge in [0.2, 0.25) is 0 Å². The Labute approximate surface area is 164 Å². The second-order valence-electron chi connectivity index (χ2n) is 8.25. The van der Waals surface area contributed by atoms with Gasteiger partial charge in [0, 0.05) is 23.9 Å². The second kappa shape index (κ2) is 8.41. The summed E-state index contributed by atoms with van der Waals surface area (Å²) in [5.74, 6) is 0.240. The monoisotopic (exact) mass is 363 g/mol. The lowest BCUT2D eigenvalue weighted by molar-refractivity contribution is -0.119. The van der Waals surface area contributed by atoms with E-state index in [1.54, 1.807) is 0 Å². The summed E-state index contributed by atoms with van der Waals surface area (Å²) in [6.07, 6.45) is 2.69. The molecule has 0 aromatic heterocycles. The van der Waals surface area contributed by atoms with Crippen LogP contribution in [0.25, 0.3) is 0 Å². The van der Waals surface area contributed by atoms with E-state index in [4.69, 9.17) is 0 Å². The van der Waals surface area contributed by atoms with Crippen LogP contribution in [0.1, 0.15) is 63.2 Å². The molecular formula is C25H33NO. The van der Waals surface area contributed by atoms with Crippen LogP contribution in [0, 0.1) is 11.8 Å². The van der Waals surface area contributed by atoms with E-state index in [0.29, 0.717) is 6.42 Å². The van der Waals surface area contributed by atoms with Crippen LogP contribution in [0.5, 0.6) is 0 Å². The molecule has 1 aliphatic heterocycles. The van der Waals surface area contributed by atoms with Crippen molar-refractivity contribution in [2.45, 2.75) is 57.7 Å². The number of hydrogen-bond acceptors (Lipinski definition) is 2. The molecule has 2 N–H and O–H groups in total. The van der Waals surface area contributed by atoms with Gasteiger partial charge in [0.05, 0.1) is 5.60 Å². The lowest BCUT2D eigenvalue weighted by atomic mass is 9.62. The summed E-state index contributed by atoms with van der Waals surface area (Å²) in [4.78, 5) is 0. The Morgan fingerprint density at radius 3 is 2.00 bits per heavy atom. The number of hydrogen-bond donors (Lipinski definition) is 2. The van der Waals surface area contributed by atoms with Gasteiger partial charge in [-0.25, -0.2) is 0 Å². The Kier molecular flexibility index (Phi) is 6.18. The van der Waals surface area contributed by atoms with Crippen LogP contribution in [0.4, 0.5) is 0 Å². The van der Waals surface area contributed by atoms with Gasteiger partial charge in [-0.05, 0) is 30.9 Å². The van der Waals surface area contributed by atoms with E-state index >= 15 is 0 Å². The number of nitrogens with one attached hydrogen (secondary N) is 1. The molecule has 0 bridgehead atoms. The summed E-state index contributed by atoms with van der Waals surface area (Å²) in [6, 6.07) is 21.4. The van der Waals surface area contributed by atoms with Crippen molar-refractivity contribution in [2.75, 3.05) is 0 Å². The smallest absolute Gasteiger partial charge is 0.0774 e. The van der Waals surface area contributed by atoms with Crippen molar-refractivity contribution in [1.82, 2.24) is 5.32 Å².